The molecule has 0 unspecified atom stereocenters. The molecule has 2 rings (SSSR count). The molecule has 0 spiro atoms. The third kappa shape index (κ3) is 2.98. The minimum atomic E-state index is 0.839. The average molecular weight is 261 g/mol. The Hall–Kier alpha value is -1.18. The van der Waals surface area contributed by atoms with Crippen molar-refractivity contribution in [2.24, 2.45) is 0 Å². The van der Waals surface area contributed by atoms with Crippen molar-refractivity contribution in [3.05, 3.63) is 23.8 Å². The van der Waals surface area contributed by atoms with Crippen LogP contribution in [0.4, 0.5) is 5.69 Å². The lowest BCUT2D eigenvalue weighted by Crippen LogP contribution is -2.28. The Labute approximate surface area is 113 Å². The summed E-state index contributed by atoms with van der Waals surface area (Å²) in [6.45, 7) is 6.20. The topological polar surface area (TPSA) is 39.1 Å². The summed E-state index contributed by atoms with van der Waals surface area (Å²) in [7, 11) is 0. The molecule has 1 N–H and O–H groups in total. The zero-order valence-electron chi connectivity index (χ0n) is 10.8. The van der Waals surface area contributed by atoms with Gasteiger partial charge < -0.3 is 10.2 Å². The van der Waals surface area contributed by atoms with Crippen LogP contribution >= 0.6 is 11.8 Å². The predicted octanol–water partition coefficient (Wildman–Crippen LogP) is 2.47. The fourth-order valence-corrected chi connectivity index (χ4v) is 3.04. The molecule has 1 saturated heterocycles. The number of benzene rings is 1. The highest BCUT2D eigenvalue weighted by atomic mass is 32.2. The van der Waals surface area contributed by atoms with Crippen molar-refractivity contribution in [3.63, 3.8) is 0 Å². The zero-order chi connectivity index (χ0) is 12.8. The summed E-state index contributed by atoms with van der Waals surface area (Å²) >= 11 is 1.75. The van der Waals surface area contributed by atoms with Crippen LogP contribution in [0.15, 0.2) is 23.1 Å². The minimum Gasteiger partial charge on any atom is -0.369 e. The van der Waals surface area contributed by atoms with Gasteiger partial charge in [-0.3, -0.25) is 0 Å². The van der Waals surface area contributed by atoms with E-state index in [4.69, 9.17) is 0 Å². The fraction of sp³-hybridized carbons (Fsp3) is 0.500. The third-order valence-corrected chi connectivity index (χ3v) is 4.04. The quantitative estimate of drug-likeness (QED) is 0.848. The number of hydrogen-bond donors (Lipinski definition) is 1. The van der Waals surface area contributed by atoms with Gasteiger partial charge in [-0.1, -0.05) is 13.0 Å². The van der Waals surface area contributed by atoms with E-state index in [1.54, 1.807) is 11.8 Å². The van der Waals surface area contributed by atoms with Crippen LogP contribution in [-0.4, -0.2) is 31.9 Å². The highest BCUT2D eigenvalue weighted by Gasteiger charge is 2.15. The van der Waals surface area contributed by atoms with E-state index in [-0.39, 0.29) is 0 Å². The van der Waals surface area contributed by atoms with E-state index < -0.39 is 0 Å². The van der Waals surface area contributed by atoms with Crippen molar-refractivity contribution in [3.8, 4) is 6.07 Å². The lowest BCUT2D eigenvalue weighted by atomic mass is 10.1. The molecule has 1 aromatic rings. The lowest BCUT2D eigenvalue weighted by Gasteiger charge is -2.24. The second-order valence-corrected chi connectivity index (χ2v) is 5.59. The van der Waals surface area contributed by atoms with Gasteiger partial charge in [-0.15, -0.1) is 11.8 Å². The van der Waals surface area contributed by atoms with Crippen LogP contribution in [-0.2, 0) is 0 Å². The van der Waals surface area contributed by atoms with E-state index >= 15 is 0 Å². The van der Waals surface area contributed by atoms with Gasteiger partial charge in [0.25, 0.3) is 0 Å². The number of thioether (sulfide) groups is 1. The van der Waals surface area contributed by atoms with E-state index in [1.807, 2.05) is 6.07 Å². The molecule has 18 heavy (non-hydrogen) atoms. The van der Waals surface area contributed by atoms with Gasteiger partial charge in [-0.2, -0.15) is 5.26 Å². The van der Waals surface area contributed by atoms with Crippen molar-refractivity contribution in [2.45, 2.75) is 18.2 Å². The van der Waals surface area contributed by atoms with Gasteiger partial charge in [0.1, 0.15) is 6.07 Å². The molecule has 0 saturated carbocycles. The average Bonchev–Trinajstić information content (AvgIpc) is 2.67. The van der Waals surface area contributed by atoms with Crippen LogP contribution in [0.25, 0.3) is 0 Å². The molecule has 3 nitrogen and oxygen atoms in total. The second kappa shape index (κ2) is 6.67. The Morgan fingerprint density at radius 1 is 1.39 bits per heavy atom. The van der Waals surface area contributed by atoms with Crippen LogP contribution < -0.4 is 10.2 Å². The maximum atomic E-state index is 9.42. The molecule has 1 heterocycles. The van der Waals surface area contributed by atoms with Gasteiger partial charge >= 0.3 is 0 Å². The molecule has 4 heteroatoms. The SMILES string of the molecule is CCSc1cccc(N2CCCNCC2)c1C#N. The molecule has 0 aromatic heterocycles. The van der Waals surface area contributed by atoms with Crippen LogP contribution in [0.2, 0.25) is 0 Å². The van der Waals surface area contributed by atoms with Crippen molar-refractivity contribution in [1.29, 1.82) is 5.26 Å². The molecule has 96 valence electrons. The summed E-state index contributed by atoms with van der Waals surface area (Å²) in [5, 5.41) is 12.8. The minimum absolute atomic E-state index is 0.839. The number of nitrogens with zero attached hydrogens (tertiary/aromatic N) is 2. The Bertz CT molecular complexity index is 431. The Balaban J connectivity index is 2.31. The van der Waals surface area contributed by atoms with E-state index in [1.165, 1.54) is 0 Å². The molecule has 1 aliphatic heterocycles. The van der Waals surface area contributed by atoms with E-state index in [9.17, 15) is 5.26 Å². The monoisotopic (exact) mass is 261 g/mol. The van der Waals surface area contributed by atoms with E-state index in [0.29, 0.717) is 0 Å². The Morgan fingerprint density at radius 2 is 2.28 bits per heavy atom. The van der Waals surface area contributed by atoms with Crippen LogP contribution in [0.3, 0.4) is 0 Å². The van der Waals surface area contributed by atoms with Gasteiger partial charge in [-0.25, -0.2) is 0 Å². The first-order valence-corrected chi connectivity index (χ1v) is 7.47. The van der Waals surface area contributed by atoms with Gasteiger partial charge in [-0.05, 0) is 30.9 Å². The van der Waals surface area contributed by atoms with Crippen molar-refractivity contribution in [1.82, 2.24) is 5.32 Å². The molecule has 1 fully saturated rings. The summed E-state index contributed by atoms with van der Waals surface area (Å²) in [5.41, 5.74) is 1.94. The van der Waals surface area contributed by atoms with Crippen LogP contribution in [0, 0.1) is 11.3 Å². The first kappa shape index (κ1) is 13.3. The summed E-state index contributed by atoms with van der Waals surface area (Å²) in [5.74, 6) is 1.000. The third-order valence-electron chi connectivity index (χ3n) is 3.10. The standard InChI is InChI=1S/C14H19N3S/c1-2-18-14-6-3-5-13(12(14)11-15)17-9-4-7-16-8-10-17/h3,5-6,16H,2,4,7-10H2,1H3. The zero-order valence-corrected chi connectivity index (χ0v) is 11.6. The number of hydrogen-bond acceptors (Lipinski definition) is 4. The molecule has 0 atom stereocenters. The number of rotatable bonds is 3. The van der Waals surface area contributed by atoms with Crippen molar-refractivity contribution < 1.29 is 0 Å². The predicted molar refractivity (Wildman–Crippen MR) is 77.3 cm³/mol. The van der Waals surface area contributed by atoms with Crippen molar-refractivity contribution >= 4 is 17.4 Å². The second-order valence-electron chi connectivity index (χ2n) is 4.29. The molecule has 0 bridgehead atoms. The molecule has 0 aliphatic carbocycles. The summed E-state index contributed by atoms with van der Waals surface area (Å²) < 4.78 is 0. The Morgan fingerprint density at radius 3 is 3.06 bits per heavy atom. The van der Waals surface area contributed by atoms with Crippen LogP contribution in [0.1, 0.15) is 18.9 Å². The molecular weight excluding hydrogens is 242 g/mol. The van der Waals surface area contributed by atoms with Gasteiger partial charge in [0.2, 0.25) is 0 Å². The summed E-state index contributed by atoms with van der Waals surface area (Å²) in [6.07, 6.45) is 1.13. The first-order chi connectivity index (χ1) is 8.86. The van der Waals surface area contributed by atoms with E-state index in [2.05, 4.69) is 35.3 Å². The molecule has 1 aliphatic rings. The smallest absolute Gasteiger partial charge is 0.103 e. The number of anilines is 1. The highest BCUT2D eigenvalue weighted by Crippen LogP contribution is 2.30. The molecule has 1 aromatic carbocycles. The largest absolute Gasteiger partial charge is 0.369 e. The normalized spacial score (nSPS) is 16.1. The highest BCUT2D eigenvalue weighted by molar-refractivity contribution is 7.99. The van der Waals surface area contributed by atoms with Gasteiger partial charge in [0, 0.05) is 24.5 Å². The van der Waals surface area contributed by atoms with Gasteiger partial charge in [0.05, 0.1) is 11.3 Å². The Kier molecular flexibility index (Phi) is 4.91. The maximum Gasteiger partial charge on any atom is 0.103 e. The lowest BCUT2D eigenvalue weighted by molar-refractivity contribution is 0.724. The number of nitriles is 1. The molecular formula is C14H19N3S. The summed E-state index contributed by atoms with van der Waals surface area (Å²) in [4.78, 5) is 3.44. The van der Waals surface area contributed by atoms with Gasteiger partial charge in [0.15, 0.2) is 0 Å². The molecule has 0 amide bonds. The van der Waals surface area contributed by atoms with Crippen molar-refractivity contribution in [2.75, 3.05) is 36.8 Å². The first-order valence-electron chi connectivity index (χ1n) is 6.48. The fourth-order valence-electron chi connectivity index (χ4n) is 2.26. The van der Waals surface area contributed by atoms with E-state index in [0.717, 1.165) is 54.5 Å². The summed E-state index contributed by atoms with van der Waals surface area (Å²) in [6, 6.07) is 8.57. The van der Waals surface area contributed by atoms with Crippen LogP contribution in [0.5, 0.6) is 0 Å². The number of nitrogens with one attached hydrogen (secondary N) is 1. The maximum absolute atomic E-state index is 9.42. The molecule has 0 radical (unpaired) electrons.